The molecule has 0 heterocycles. The average molecular weight is 250 g/mol. The Labute approximate surface area is 108 Å². The van der Waals surface area contributed by atoms with Gasteiger partial charge in [-0.25, -0.2) is 0 Å². The molecule has 3 N–H and O–H groups in total. The molecule has 1 aromatic carbocycles. The monoisotopic (exact) mass is 250 g/mol. The summed E-state index contributed by atoms with van der Waals surface area (Å²) < 4.78 is 0. The van der Waals surface area contributed by atoms with E-state index in [1.165, 1.54) is 31.2 Å². The van der Waals surface area contributed by atoms with Crippen molar-refractivity contribution in [3.8, 4) is 0 Å². The molecule has 0 radical (unpaired) electrons. The lowest BCUT2D eigenvalue weighted by Gasteiger charge is -2.31. The van der Waals surface area contributed by atoms with Crippen molar-refractivity contribution >= 4 is 17.4 Å². The number of para-hydroxylation sites is 1. The fourth-order valence-electron chi connectivity index (χ4n) is 2.55. The first-order valence-corrected chi connectivity index (χ1v) is 7.69. The van der Waals surface area contributed by atoms with Crippen molar-refractivity contribution in [3.63, 3.8) is 0 Å². The molecule has 1 saturated carbocycles. The van der Waals surface area contributed by atoms with Gasteiger partial charge in [-0.15, -0.1) is 0 Å². The SMILES string of the molecule is CSC1CCCCC1NCc1ccccc1N. The van der Waals surface area contributed by atoms with Crippen LogP contribution in [0, 0.1) is 0 Å². The van der Waals surface area contributed by atoms with Crippen LogP contribution in [0.15, 0.2) is 24.3 Å². The van der Waals surface area contributed by atoms with Crippen molar-refractivity contribution in [2.75, 3.05) is 12.0 Å². The number of rotatable bonds is 4. The van der Waals surface area contributed by atoms with E-state index in [0.29, 0.717) is 6.04 Å². The molecule has 1 aliphatic rings. The number of nitrogen functional groups attached to an aromatic ring is 1. The van der Waals surface area contributed by atoms with Gasteiger partial charge in [0.15, 0.2) is 0 Å². The van der Waals surface area contributed by atoms with E-state index in [1.807, 2.05) is 23.9 Å². The van der Waals surface area contributed by atoms with Gasteiger partial charge in [-0.3, -0.25) is 0 Å². The van der Waals surface area contributed by atoms with Crippen molar-refractivity contribution in [2.24, 2.45) is 0 Å². The molecule has 2 rings (SSSR count). The van der Waals surface area contributed by atoms with E-state index in [9.17, 15) is 0 Å². The van der Waals surface area contributed by atoms with Gasteiger partial charge in [0.25, 0.3) is 0 Å². The standard InChI is InChI=1S/C14H22N2S/c1-17-14-9-5-4-8-13(14)16-10-11-6-2-3-7-12(11)15/h2-3,6-7,13-14,16H,4-5,8-10,15H2,1H3. The molecule has 1 aliphatic carbocycles. The van der Waals surface area contributed by atoms with Crippen LogP contribution in [0.3, 0.4) is 0 Å². The van der Waals surface area contributed by atoms with Gasteiger partial charge in [-0.05, 0) is 30.7 Å². The molecule has 2 unspecified atom stereocenters. The van der Waals surface area contributed by atoms with Crippen LogP contribution in [0.5, 0.6) is 0 Å². The number of benzene rings is 1. The van der Waals surface area contributed by atoms with Gasteiger partial charge in [0.2, 0.25) is 0 Å². The van der Waals surface area contributed by atoms with E-state index >= 15 is 0 Å². The van der Waals surface area contributed by atoms with E-state index < -0.39 is 0 Å². The maximum atomic E-state index is 5.96. The Morgan fingerprint density at radius 2 is 2.06 bits per heavy atom. The summed E-state index contributed by atoms with van der Waals surface area (Å²) in [7, 11) is 0. The quantitative estimate of drug-likeness (QED) is 0.807. The molecule has 0 amide bonds. The molecular weight excluding hydrogens is 228 g/mol. The van der Waals surface area contributed by atoms with E-state index in [2.05, 4.69) is 23.7 Å². The van der Waals surface area contributed by atoms with Gasteiger partial charge >= 0.3 is 0 Å². The molecule has 3 heteroatoms. The van der Waals surface area contributed by atoms with Gasteiger partial charge in [-0.1, -0.05) is 31.0 Å². The van der Waals surface area contributed by atoms with Crippen LogP contribution in [0.2, 0.25) is 0 Å². The molecule has 1 fully saturated rings. The minimum atomic E-state index is 0.651. The van der Waals surface area contributed by atoms with Crippen LogP contribution >= 0.6 is 11.8 Å². The molecule has 0 spiro atoms. The Kier molecular flexibility index (Phi) is 4.75. The fourth-order valence-corrected chi connectivity index (χ4v) is 3.51. The van der Waals surface area contributed by atoms with Gasteiger partial charge in [0.1, 0.15) is 0 Å². The predicted octanol–water partition coefficient (Wildman–Crippen LogP) is 3.03. The summed E-state index contributed by atoms with van der Waals surface area (Å²) in [6, 6.07) is 8.78. The zero-order valence-electron chi connectivity index (χ0n) is 10.5. The number of hydrogen-bond acceptors (Lipinski definition) is 3. The highest BCUT2D eigenvalue weighted by molar-refractivity contribution is 7.99. The van der Waals surface area contributed by atoms with Gasteiger partial charge in [0.05, 0.1) is 0 Å². The summed E-state index contributed by atoms with van der Waals surface area (Å²) in [5.74, 6) is 0. The summed E-state index contributed by atoms with van der Waals surface area (Å²) in [5, 5.41) is 4.45. The maximum Gasteiger partial charge on any atom is 0.0359 e. The molecule has 0 aliphatic heterocycles. The number of hydrogen-bond donors (Lipinski definition) is 2. The third kappa shape index (κ3) is 3.39. The second-order valence-electron chi connectivity index (χ2n) is 4.74. The average Bonchev–Trinajstić information content (AvgIpc) is 2.38. The number of anilines is 1. The second-order valence-corrected chi connectivity index (χ2v) is 5.82. The first-order valence-electron chi connectivity index (χ1n) is 6.41. The Bertz CT molecular complexity index is 354. The second kappa shape index (κ2) is 6.31. The van der Waals surface area contributed by atoms with Crippen LogP contribution < -0.4 is 11.1 Å². The summed E-state index contributed by atoms with van der Waals surface area (Å²) in [4.78, 5) is 0. The molecule has 17 heavy (non-hydrogen) atoms. The summed E-state index contributed by atoms with van der Waals surface area (Å²) >= 11 is 2.00. The lowest BCUT2D eigenvalue weighted by Crippen LogP contribution is -2.40. The minimum Gasteiger partial charge on any atom is -0.398 e. The topological polar surface area (TPSA) is 38.0 Å². The molecule has 0 saturated heterocycles. The Balaban J connectivity index is 1.90. The highest BCUT2D eigenvalue weighted by atomic mass is 32.2. The van der Waals surface area contributed by atoms with Gasteiger partial charge < -0.3 is 11.1 Å². The Hall–Kier alpha value is -0.670. The number of thioether (sulfide) groups is 1. The van der Waals surface area contributed by atoms with Crippen molar-refractivity contribution in [3.05, 3.63) is 29.8 Å². The van der Waals surface area contributed by atoms with Crippen molar-refractivity contribution in [1.29, 1.82) is 0 Å². The largest absolute Gasteiger partial charge is 0.398 e. The smallest absolute Gasteiger partial charge is 0.0359 e. The van der Waals surface area contributed by atoms with Crippen LogP contribution in [0.1, 0.15) is 31.2 Å². The molecule has 1 aromatic rings. The first-order chi connectivity index (χ1) is 8.31. The van der Waals surface area contributed by atoms with E-state index in [1.54, 1.807) is 0 Å². The number of nitrogens with one attached hydrogen (secondary N) is 1. The zero-order chi connectivity index (χ0) is 12.1. The molecule has 0 bridgehead atoms. The lowest BCUT2D eigenvalue weighted by molar-refractivity contribution is 0.383. The van der Waals surface area contributed by atoms with Crippen LogP contribution in [-0.4, -0.2) is 17.5 Å². The normalized spacial score (nSPS) is 24.8. The van der Waals surface area contributed by atoms with Crippen LogP contribution in [0.25, 0.3) is 0 Å². The first kappa shape index (κ1) is 12.8. The van der Waals surface area contributed by atoms with Gasteiger partial charge in [0, 0.05) is 23.5 Å². The molecule has 0 aromatic heterocycles. The highest BCUT2D eigenvalue weighted by Gasteiger charge is 2.23. The Morgan fingerprint density at radius 1 is 1.29 bits per heavy atom. The predicted molar refractivity (Wildman–Crippen MR) is 77.3 cm³/mol. The third-order valence-electron chi connectivity index (χ3n) is 3.62. The summed E-state index contributed by atoms with van der Waals surface area (Å²) in [6.45, 7) is 0.897. The highest BCUT2D eigenvalue weighted by Crippen LogP contribution is 2.27. The maximum absolute atomic E-state index is 5.96. The number of nitrogens with two attached hydrogens (primary N) is 1. The molecule has 94 valence electrons. The van der Waals surface area contributed by atoms with Crippen molar-refractivity contribution in [2.45, 2.75) is 43.5 Å². The molecular formula is C14H22N2S. The van der Waals surface area contributed by atoms with E-state index in [-0.39, 0.29) is 0 Å². The van der Waals surface area contributed by atoms with Crippen molar-refractivity contribution in [1.82, 2.24) is 5.32 Å². The Morgan fingerprint density at radius 3 is 2.82 bits per heavy atom. The third-order valence-corrected chi connectivity index (χ3v) is 4.78. The lowest BCUT2D eigenvalue weighted by atomic mass is 9.94. The van der Waals surface area contributed by atoms with Crippen LogP contribution in [0.4, 0.5) is 5.69 Å². The van der Waals surface area contributed by atoms with E-state index in [4.69, 9.17) is 5.73 Å². The van der Waals surface area contributed by atoms with E-state index in [0.717, 1.165) is 17.5 Å². The van der Waals surface area contributed by atoms with Crippen molar-refractivity contribution < 1.29 is 0 Å². The molecule has 2 atom stereocenters. The minimum absolute atomic E-state index is 0.651. The van der Waals surface area contributed by atoms with Gasteiger partial charge in [-0.2, -0.15) is 11.8 Å². The zero-order valence-corrected chi connectivity index (χ0v) is 11.3. The fraction of sp³-hybridized carbons (Fsp3) is 0.571. The summed E-state index contributed by atoms with van der Waals surface area (Å²) in [5.41, 5.74) is 8.08. The summed E-state index contributed by atoms with van der Waals surface area (Å²) in [6.07, 6.45) is 7.62. The molecule has 2 nitrogen and oxygen atoms in total. The van der Waals surface area contributed by atoms with Crippen LogP contribution in [-0.2, 0) is 6.54 Å².